The molecule has 8 heteroatoms. The molecular formula is C26H22N2O6. The van der Waals surface area contributed by atoms with Crippen LogP contribution in [-0.2, 0) is 13.2 Å². The second-order valence-corrected chi connectivity index (χ2v) is 7.68. The van der Waals surface area contributed by atoms with Crippen LogP contribution >= 0.6 is 0 Å². The number of carbonyl (C=O) groups is 1. The van der Waals surface area contributed by atoms with Crippen molar-refractivity contribution in [2.24, 2.45) is 0 Å². The zero-order valence-corrected chi connectivity index (χ0v) is 18.6. The van der Waals surface area contributed by atoms with Crippen LogP contribution in [0, 0.1) is 0 Å². The average molecular weight is 458 g/mol. The van der Waals surface area contributed by atoms with Crippen LogP contribution in [-0.4, -0.2) is 35.0 Å². The van der Waals surface area contributed by atoms with E-state index in [9.17, 15) is 4.79 Å². The van der Waals surface area contributed by atoms with Crippen LogP contribution in [0.4, 0.5) is 4.79 Å². The Morgan fingerprint density at radius 1 is 1.09 bits per heavy atom. The SMILES string of the molecule is COc1cc2ncn(CC=C3c4ccccc4COc4ccc(OC(=O)O)cc43)c2cc1OC. The molecule has 0 fully saturated rings. The first-order valence-corrected chi connectivity index (χ1v) is 10.6. The fourth-order valence-corrected chi connectivity index (χ4v) is 4.16. The molecule has 0 spiro atoms. The number of methoxy groups -OCH3 is 2. The summed E-state index contributed by atoms with van der Waals surface area (Å²) in [7, 11) is 3.19. The summed E-state index contributed by atoms with van der Waals surface area (Å²) >= 11 is 0. The number of allylic oxidation sites excluding steroid dienone is 1. The highest BCUT2D eigenvalue weighted by Gasteiger charge is 2.20. The molecule has 0 aliphatic carbocycles. The van der Waals surface area contributed by atoms with Gasteiger partial charge >= 0.3 is 6.16 Å². The van der Waals surface area contributed by atoms with Crippen molar-refractivity contribution in [1.29, 1.82) is 0 Å². The standard InChI is InChI=1S/C26H22N2O6/c1-31-24-12-21-22(13-25(24)32-2)28(15-27-21)10-9-19-18-6-4-3-5-16(18)14-33-23-8-7-17(11-20(19)23)34-26(29)30/h3-9,11-13,15H,10,14H2,1-2H3,(H,29,30). The van der Waals surface area contributed by atoms with Crippen LogP contribution in [0.1, 0.15) is 16.7 Å². The van der Waals surface area contributed by atoms with E-state index in [-0.39, 0.29) is 5.75 Å². The second-order valence-electron chi connectivity index (χ2n) is 7.68. The number of benzene rings is 3. The summed E-state index contributed by atoms with van der Waals surface area (Å²) in [6, 6.07) is 16.8. The molecule has 2 heterocycles. The number of hydrogen-bond donors (Lipinski definition) is 1. The number of carboxylic acid groups (broad SMARTS) is 1. The number of imidazole rings is 1. The molecule has 1 N–H and O–H groups in total. The molecule has 1 aliphatic heterocycles. The number of hydrogen-bond acceptors (Lipinski definition) is 6. The summed E-state index contributed by atoms with van der Waals surface area (Å²) in [6.45, 7) is 0.920. The molecule has 0 unspecified atom stereocenters. The lowest BCUT2D eigenvalue weighted by atomic mass is 9.94. The molecule has 34 heavy (non-hydrogen) atoms. The molecule has 0 bridgehead atoms. The molecule has 1 aliphatic rings. The maximum Gasteiger partial charge on any atom is 0.511 e. The van der Waals surface area contributed by atoms with Crippen LogP contribution in [0.15, 0.2) is 67.0 Å². The topological polar surface area (TPSA) is 92.0 Å². The van der Waals surface area contributed by atoms with Crippen LogP contribution in [0.25, 0.3) is 16.6 Å². The molecular weight excluding hydrogens is 436 g/mol. The van der Waals surface area contributed by atoms with Crippen molar-refractivity contribution in [3.05, 3.63) is 83.7 Å². The fraction of sp³-hybridized carbons (Fsp3) is 0.154. The highest BCUT2D eigenvalue weighted by molar-refractivity contribution is 5.86. The van der Waals surface area contributed by atoms with Gasteiger partial charge in [0.15, 0.2) is 11.5 Å². The number of nitrogens with zero attached hydrogens (tertiary/aromatic N) is 2. The van der Waals surface area contributed by atoms with Gasteiger partial charge < -0.3 is 28.6 Å². The van der Waals surface area contributed by atoms with Crippen molar-refractivity contribution in [2.45, 2.75) is 13.2 Å². The van der Waals surface area contributed by atoms with Gasteiger partial charge in [-0.05, 0) is 34.9 Å². The Kier molecular flexibility index (Phi) is 5.55. The first kappa shape index (κ1) is 21.4. The smallest absolute Gasteiger partial charge is 0.493 e. The summed E-state index contributed by atoms with van der Waals surface area (Å²) in [5.41, 5.74) is 5.41. The van der Waals surface area contributed by atoms with E-state index < -0.39 is 6.16 Å². The highest BCUT2D eigenvalue weighted by Crippen LogP contribution is 2.39. The van der Waals surface area contributed by atoms with Crippen molar-refractivity contribution in [2.75, 3.05) is 14.2 Å². The quantitative estimate of drug-likeness (QED) is 0.327. The van der Waals surface area contributed by atoms with Crippen LogP contribution in [0.5, 0.6) is 23.0 Å². The van der Waals surface area contributed by atoms with Gasteiger partial charge in [0.05, 0.1) is 31.6 Å². The predicted molar refractivity (Wildman–Crippen MR) is 126 cm³/mol. The molecule has 1 aromatic heterocycles. The molecule has 172 valence electrons. The Balaban J connectivity index is 1.61. The molecule has 0 radical (unpaired) electrons. The van der Waals surface area contributed by atoms with E-state index in [0.717, 1.165) is 33.3 Å². The third-order valence-electron chi connectivity index (χ3n) is 5.76. The highest BCUT2D eigenvalue weighted by atomic mass is 16.7. The van der Waals surface area contributed by atoms with Crippen LogP contribution in [0.2, 0.25) is 0 Å². The molecule has 4 aromatic rings. The maximum atomic E-state index is 11.1. The van der Waals surface area contributed by atoms with E-state index in [1.54, 1.807) is 38.7 Å². The number of fused-ring (bicyclic) bond motifs is 3. The Hall–Kier alpha value is -4.46. The lowest BCUT2D eigenvalue weighted by Crippen LogP contribution is -2.03. The van der Waals surface area contributed by atoms with Gasteiger partial charge in [-0.25, -0.2) is 9.78 Å². The Bertz CT molecular complexity index is 1420. The first-order chi connectivity index (χ1) is 16.6. The van der Waals surface area contributed by atoms with Crippen molar-refractivity contribution < 1.29 is 28.8 Å². The largest absolute Gasteiger partial charge is 0.511 e. The van der Waals surface area contributed by atoms with E-state index in [1.807, 2.05) is 41.0 Å². The number of aromatic nitrogens is 2. The van der Waals surface area contributed by atoms with Crippen molar-refractivity contribution in [3.63, 3.8) is 0 Å². The Morgan fingerprint density at radius 3 is 2.68 bits per heavy atom. The van der Waals surface area contributed by atoms with Crippen LogP contribution in [0.3, 0.4) is 0 Å². The summed E-state index contributed by atoms with van der Waals surface area (Å²) in [4.78, 5) is 15.6. The van der Waals surface area contributed by atoms with E-state index in [4.69, 9.17) is 24.1 Å². The molecule has 0 saturated carbocycles. The lowest BCUT2D eigenvalue weighted by Gasteiger charge is -2.13. The van der Waals surface area contributed by atoms with Gasteiger partial charge in [0.2, 0.25) is 0 Å². The summed E-state index contributed by atoms with van der Waals surface area (Å²) < 4.78 is 23.8. The third-order valence-corrected chi connectivity index (χ3v) is 5.76. The zero-order chi connectivity index (χ0) is 23.7. The van der Waals surface area contributed by atoms with Gasteiger partial charge in [-0.15, -0.1) is 0 Å². The molecule has 3 aromatic carbocycles. The van der Waals surface area contributed by atoms with Gasteiger partial charge in [-0.2, -0.15) is 0 Å². The minimum absolute atomic E-state index is 0.227. The average Bonchev–Trinajstić information content (AvgIpc) is 3.17. The van der Waals surface area contributed by atoms with E-state index in [2.05, 4.69) is 11.1 Å². The second kappa shape index (κ2) is 8.82. The van der Waals surface area contributed by atoms with Crippen molar-refractivity contribution in [1.82, 2.24) is 9.55 Å². The minimum atomic E-state index is -1.37. The molecule has 8 nitrogen and oxygen atoms in total. The monoisotopic (exact) mass is 458 g/mol. The zero-order valence-electron chi connectivity index (χ0n) is 18.6. The molecule has 5 rings (SSSR count). The minimum Gasteiger partial charge on any atom is -0.493 e. The summed E-state index contributed by atoms with van der Waals surface area (Å²) in [6.07, 6.45) is 2.48. The lowest BCUT2D eigenvalue weighted by molar-refractivity contribution is 0.144. The first-order valence-electron chi connectivity index (χ1n) is 10.6. The van der Waals surface area contributed by atoms with Gasteiger partial charge in [0.25, 0.3) is 0 Å². The summed E-state index contributed by atoms with van der Waals surface area (Å²) in [5.74, 6) is 2.12. The van der Waals surface area contributed by atoms with E-state index in [1.165, 1.54) is 0 Å². The van der Waals surface area contributed by atoms with Gasteiger partial charge in [-0.1, -0.05) is 30.3 Å². The molecule has 0 atom stereocenters. The van der Waals surface area contributed by atoms with Crippen LogP contribution < -0.4 is 18.9 Å². The fourth-order valence-electron chi connectivity index (χ4n) is 4.16. The summed E-state index contributed by atoms with van der Waals surface area (Å²) in [5, 5.41) is 9.06. The van der Waals surface area contributed by atoms with Crippen molar-refractivity contribution >= 4 is 22.8 Å². The molecule has 0 amide bonds. The van der Waals surface area contributed by atoms with Crippen molar-refractivity contribution in [3.8, 4) is 23.0 Å². The van der Waals surface area contributed by atoms with E-state index in [0.29, 0.717) is 30.4 Å². The third kappa shape index (κ3) is 3.90. The number of rotatable bonds is 5. The predicted octanol–water partition coefficient (Wildman–Crippen LogP) is 5.13. The Morgan fingerprint density at radius 2 is 1.88 bits per heavy atom. The molecule has 0 saturated heterocycles. The van der Waals surface area contributed by atoms with Gasteiger partial charge in [0, 0.05) is 24.2 Å². The maximum absolute atomic E-state index is 11.1. The van der Waals surface area contributed by atoms with Gasteiger partial charge in [0.1, 0.15) is 18.1 Å². The Labute approximate surface area is 195 Å². The van der Waals surface area contributed by atoms with Gasteiger partial charge in [-0.3, -0.25) is 0 Å². The van der Waals surface area contributed by atoms with E-state index >= 15 is 0 Å². The normalized spacial score (nSPS) is 13.5. The number of ether oxygens (including phenoxy) is 4.